The maximum absolute atomic E-state index is 11.7. The Labute approximate surface area is 117 Å². The molecule has 2 saturated heterocycles. The molecule has 3 rings (SSSR count). The van der Waals surface area contributed by atoms with Gasteiger partial charge in [0.25, 0.3) is 0 Å². The highest BCUT2D eigenvalue weighted by atomic mass is 32.1. The summed E-state index contributed by atoms with van der Waals surface area (Å²) in [5, 5.41) is 10.1. The minimum Gasteiger partial charge on any atom is -0.344 e. The number of hydrogen-bond donors (Lipinski definition) is 0. The van der Waals surface area contributed by atoms with Crippen molar-refractivity contribution in [3.63, 3.8) is 0 Å². The number of nitrogens with zero attached hydrogens (tertiary/aromatic N) is 5. The maximum Gasteiger partial charge on any atom is 0.228 e. The molecule has 6 nitrogen and oxygen atoms in total. The topological polar surface area (TPSA) is 52.6 Å². The van der Waals surface area contributed by atoms with Crippen LogP contribution in [0.25, 0.3) is 0 Å². The predicted molar refractivity (Wildman–Crippen MR) is 75.8 cm³/mol. The van der Waals surface area contributed by atoms with Gasteiger partial charge in [0.05, 0.1) is 0 Å². The quantitative estimate of drug-likeness (QED) is 0.820. The summed E-state index contributed by atoms with van der Waals surface area (Å²) in [6, 6.07) is 0. The molecule has 0 atom stereocenters. The van der Waals surface area contributed by atoms with Crippen LogP contribution in [0.4, 0.5) is 10.3 Å². The van der Waals surface area contributed by atoms with Gasteiger partial charge in [-0.25, -0.2) is 0 Å². The fraction of sp³-hybridized carbons (Fsp3) is 0.750. The third-order valence-corrected chi connectivity index (χ3v) is 4.81. The molecule has 0 saturated carbocycles. The maximum atomic E-state index is 11.7. The molecule has 0 aromatic carbocycles. The zero-order chi connectivity index (χ0) is 13.2. The summed E-state index contributed by atoms with van der Waals surface area (Å²) in [4.78, 5) is 18.2. The van der Waals surface area contributed by atoms with Gasteiger partial charge in [-0.05, 0) is 13.0 Å². The lowest BCUT2D eigenvalue weighted by molar-refractivity contribution is -0.117. The molecule has 0 N–H and O–H groups in total. The number of hydrogen-bond acceptors (Lipinski definition) is 6. The molecule has 104 valence electrons. The third-order valence-electron chi connectivity index (χ3n) is 3.80. The second-order valence-electron chi connectivity index (χ2n) is 4.94. The first-order chi connectivity index (χ1) is 9.28. The third kappa shape index (κ3) is 2.57. The van der Waals surface area contributed by atoms with Crippen molar-refractivity contribution in [1.29, 1.82) is 0 Å². The molecule has 1 amide bonds. The first-order valence-electron chi connectivity index (χ1n) is 6.89. The van der Waals surface area contributed by atoms with Crippen molar-refractivity contribution in [2.75, 3.05) is 49.1 Å². The molecule has 3 heterocycles. The van der Waals surface area contributed by atoms with E-state index in [1.54, 1.807) is 4.90 Å². The fourth-order valence-electron chi connectivity index (χ4n) is 2.55. The van der Waals surface area contributed by atoms with Crippen molar-refractivity contribution in [3.05, 3.63) is 0 Å². The average molecular weight is 281 g/mol. The number of carbonyl (C=O) groups is 1. The van der Waals surface area contributed by atoms with Gasteiger partial charge in [-0.15, -0.1) is 10.2 Å². The average Bonchev–Trinajstić information content (AvgIpc) is 3.07. The molecule has 0 radical (unpaired) electrons. The smallest absolute Gasteiger partial charge is 0.228 e. The number of amides is 1. The Bertz CT molecular complexity index is 455. The van der Waals surface area contributed by atoms with Crippen molar-refractivity contribution in [1.82, 2.24) is 15.1 Å². The van der Waals surface area contributed by atoms with Crippen molar-refractivity contribution in [2.24, 2.45) is 0 Å². The summed E-state index contributed by atoms with van der Waals surface area (Å²) in [5.41, 5.74) is 0. The Morgan fingerprint density at radius 3 is 2.47 bits per heavy atom. The molecular weight excluding hydrogens is 262 g/mol. The zero-order valence-corrected chi connectivity index (χ0v) is 12.0. The van der Waals surface area contributed by atoms with Crippen LogP contribution in [0.3, 0.4) is 0 Å². The van der Waals surface area contributed by atoms with E-state index in [1.807, 2.05) is 0 Å². The van der Waals surface area contributed by atoms with E-state index >= 15 is 0 Å². The van der Waals surface area contributed by atoms with Crippen LogP contribution < -0.4 is 9.80 Å². The predicted octanol–water partition coefficient (Wildman–Crippen LogP) is 0.807. The molecule has 2 aliphatic heterocycles. The number of rotatable bonds is 3. The van der Waals surface area contributed by atoms with Crippen molar-refractivity contribution in [3.8, 4) is 0 Å². The van der Waals surface area contributed by atoms with Gasteiger partial charge in [0.1, 0.15) is 0 Å². The lowest BCUT2D eigenvalue weighted by Crippen LogP contribution is -2.46. The molecule has 0 bridgehead atoms. The summed E-state index contributed by atoms with van der Waals surface area (Å²) < 4.78 is 0. The minimum absolute atomic E-state index is 0.179. The van der Waals surface area contributed by atoms with E-state index in [0.29, 0.717) is 6.42 Å². The van der Waals surface area contributed by atoms with E-state index in [-0.39, 0.29) is 5.91 Å². The highest BCUT2D eigenvalue weighted by Gasteiger charge is 2.26. The fourth-order valence-corrected chi connectivity index (χ4v) is 3.49. The number of piperazine rings is 1. The monoisotopic (exact) mass is 281 g/mol. The van der Waals surface area contributed by atoms with E-state index in [0.717, 1.165) is 56.0 Å². The van der Waals surface area contributed by atoms with Gasteiger partial charge >= 0.3 is 0 Å². The molecule has 2 aliphatic rings. The van der Waals surface area contributed by atoms with Crippen molar-refractivity contribution in [2.45, 2.75) is 19.8 Å². The van der Waals surface area contributed by atoms with E-state index in [9.17, 15) is 4.79 Å². The van der Waals surface area contributed by atoms with Crippen LogP contribution in [0.2, 0.25) is 0 Å². The first kappa shape index (κ1) is 12.8. The van der Waals surface area contributed by atoms with E-state index in [1.165, 1.54) is 11.3 Å². The highest BCUT2D eigenvalue weighted by Crippen LogP contribution is 2.30. The highest BCUT2D eigenvalue weighted by molar-refractivity contribution is 7.19. The van der Waals surface area contributed by atoms with Crippen molar-refractivity contribution >= 4 is 27.5 Å². The number of anilines is 2. The standard InChI is InChI=1S/C12H19N5OS/c1-2-15-6-8-16(9-7-15)11-13-14-12(19-11)17-5-3-4-10(17)18/h2-9H2,1H3. The number of likely N-dealkylation sites (N-methyl/N-ethyl adjacent to an activating group) is 1. The Kier molecular flexibility index (Phi) is 3.65. The molecule has 0 unspecified atom stereocenters. The van der Waals surface area contributed by atoms with Crippen LogP contribution in [0.1, 0.15) is 19.8 Å². The molecule has 0 spiro atoms. The van der Waals surface area contributed by atoms with Gasteiger partial charge in [0.15, 0.2) is 0 Å². The lowest BCUT2D eigenvalue weighted by atomic mass is 10.3. The van der Waals surface area contributed by atoms with Crippen LogP contribution in [0.5, 0.6) is 0 Å². The Hall–Kier alpha value is -1.21. The Balaban J connectivity index is 1.66. The summed E-state index contributed by atoms with van der Waals surface area (Å²) in [6.07, 6.45) is 1.58. The summed E-state index contributed by atoms with van der Waals surface area (Å²) in [5.74, 6) is 0.179. The van der Waals surface area contributed by atoms with E-state index in [4.69, 9.17) is 0 Å². The van der Waals surface area contributed by atoms with Gasteiger partial charge in [-0.1, -0.05) is 18.3 Å². The first-order valence-corrected chi connectivity index (χ1v) is 7.70. The van der Waals surface area contributed by atoms with Crippen LogP contribution in [0, 0.1) is 0 Å². The van der Waals surface area contributed by atoms with Gasteiger partial charge in [0.2, 0.25) is 16.2 Å². The van der Waals surface area contributed by atoms with Gasteiger partial charge < -0.3 is 9.80 Å². The molecule has 0 aliphatic carbocycles. The molecular formula is C12H19N5OS. The van der Waals surface area contributed by atoms with Gasteiger partial charge in [-0.2, -0.15) is 0 Å². The Morgan fingerprint density at radius 2 is 1.84 bits per heavy atom. The van der Waals surface area contributed by atoms with Crippen molar-refractivity contribution < 1.29 is 4.79 Å². The molecule has 1 aromatic rings. The van der Waals surface area contributed by atoms with Gasteiger partial charge in [-0.3, -0.25) is 9.69 Å². The molecule has 7 heteroatoms. The SMILES string of the molecule is CCN1CCN(c2nnc(N3CCCC3=O)s2)CC1. The number of aromatic nitrogens is 2. The second-order valence-corrected chi connectivity index (χ2v) is 5.87. The summed E-state index contributed by atoms with van der Waals surface area (Å²) in [6.45, 7) is 8.24. The lowest BCUT2D eigenvalue weighted by Gasteiger charge is -2.33. The van der Waals surface area contributed by atoms with Crippen LogP contribution in [-0.2, 0) is 4.79 Å². The molecule has 2 fully saturated rings. The normalized spacial score (nSPS) is 21.4. The summed E-state index contributed by atoms with van der Waals surface area (Å²) >= 11 is 1.54. The van der Waals surface area contributed by atoms with Gasteiger partial charge in [0, 0.05) is 39.1 Å². The van der Waals surface area contributed by atoms with E-state index < -0.39 is 0 Å². The largest absolute Gasteiger partial charge is 0.344 e. The van der Waals surface area contributed by atoms with Crippen LogP contribution >= 0.6 is 11.3 Å². The molecule has 1 aromatic heterocycles. The van der Waals surface area contributed by atoms with E-state index in [2.05, 4.69) is 26.9 Å². The number of carbonyl (C=O) groups excluding carboxylic acids is 1. The van der Waals surface area contributed by atoms with Crippen LogP contribution in [-0.4, -0.2) is 60.3 Å². The zero-order valence-electron chi connectivity index (χ0n) is 11.2. The molecule has 19 heavy (non-hydrogen) atoms. The minimum atomic E-state index is 0.179. The van der Waals surface area contributed by atoms with Crippen LogP contribution in [0.15, 0.2) is 0 Å². The second kappa shape index (κ2) is 5.42. The Morgan fingerprint density at radius 1 is 1.11 bits per heavy atom. The summed E-state index contributed by atoms with van der Waals surface area (Å²) in [7, 11) is 0.